The molecule has 1 aliphatic rings. The minimum Gasteiger partial charge on any atom is -0.352 e. The van der Waals surface area contributed by atoms with Crippen LogP contribution in [-0.2, 0) is 17.9 Å². The standard InChI is InChI=1S/C18H29N3O.2ClH/c1-3-21(4-2)14-16-9-7-15(8-10-16)13-20-18(22)12-17-6-5-11-19-17;;/h7-10,17,19H,3-6,11-14H2,1-2H3,(H,20,22);2*1H. The molecular weight excluding hydrogens is 345 g/mol. The van der Waals surface area contributed by atoms with E-state index in [1.54, 1.807) is 0 Å². The molecule has 0 aliphatic carbocycles. The van der Waals surface area contributed by atoms with Crippen molar-refractivity contribution < 1.29 is 4.79 Å². The van der Waals surface area contributed by atoms with Crippen molar-refractivity contribution in [3.05, 3.63) is 35.4 Å². The summed E-state index contributed by atoms with van der Waals surface area (Å²) in [6, 6.07) is 8.94. The van der Waals surface area contributed by atoms with Gasteiger partial charge in [0.15, 0.2) is 0 Å². The first kappa shape index (κ1) is 23.2. The van der Waals surface area contributed by atoms with Gasteiger partial charge in [-0.15, -0.1) is 24.8 Å². The smallest absolute Gasteiger partial charge is 0.221 e. The number of rotatable bonds is 8. The number of nitrogens with one attached hydrogen (secondary N) is 2. The highest BCUT2D eigenvalue weighted by molar-refractivity contribution is 5.85. The summed E-state index contributed by atoms with van der Waals surface area (Å²) in [6.45, 7) is 9.18. The molecule has 6 heteroatoms. The van der Waals surface area contributed by atoms with Gasteiger partial charge in [0.25, 0.3) is 0 Å². The van der Waals surface area contributed by atoms with Crippen molar-refractivity contribution in [2.24, 2.45) is 0 Å². The fourth-order valence-electron chi connectivity index (χ4n) is 2.90. The average molecular weight is 376 g/mol. The molecule has 1 saturated heterocycles. The summed E-state index contributed by atoms with van der Waals surface area (Å²) in [6.07, 6.45) is 2.90. The number of carbonyl (C=O) groups is 1. The van der Waals surface area contributed by atoms with E-state index in [0.29, 0.717) is 19.0 Å². The maximum absolute atomic E-state index is 11.9. The molecule has 1 aliphatic heterocycles. The quantitative estimate of drug-likeness (QED) is 0.733. The molecule has 0 spiro atoms. The van der Waals surface area contributed by atoms with Gasteiger partial charge < -0.3 is 10.6 Å². The van der Waals surface area contributed by atoms with Crippen molar-refractivity contribution in [1.82, 2.24) is 15.5 Å². The molecule has 2 rings (SSSR count). The molecule has 1 atom stereocenters. The Kier molecular flexibility index (Phi) is 12.1. The van der Waals surface area contributed by atoms with E-state index in [9.17, 15) is 4.79 Å². The van der Waals surface area contributed by atoms with Gasteiger partial charge in [-0.3, -0.25) is 9.69 Å². The fraction of sp³-hybridized carbons (Fsp3) is 0.611. The maximum atomic E-state index is 11.9. The first-order chi connectivity index (χ1) is 10.7. The first-order valence-electron chi connectivity index (χ1n) is 8.51. The minimum atomic E-state index is 0. The fourth-order valence-corrected chi connectivity index (χ4v) is 2.90. The van der Waals surface area contributed by atoms with Crippen LogP contribution >= 0.6 is 24.8 Å². The number of hydrogen-bond donors (Lipinski definition) is 2. The van der Waals surface area contributed by atoms with Crippen LogP contribution in [0.2, 0.25) is 0 Å². The van der Waals surface area contributed by atoms with Gasteiger partial charge in [0.05, 0.1) is 0 Å². The molecule has 0 bridgehead atoms. The van der Waals surface area contributed by atoms with Crippen molar-refractivity contribution in [2.45, 2.75) is 52.2 Å². The number of nitrogens with zero attached hydrogens (tertiary/aromatic N) is 1. The number of benzene rings is 1. The molecule has 2 N–H and O–H groups in total. The third kappa shape index (κ3) is 7.84. The normalized spacial score (nSPS) is 16.4. The van der Waals surface area contributed by atoms with Crippen LogP contribution in [0.4, 0.5) is 0 Å². The Balaban J connectivity index is 0.00000264. The van der Waals surface area contributed by atoms with Crippen molar-refractivity contribution in [3.8, 4) is 0 Å². The van der Waals surface area contributed by atoms with Crippen LogP contribution in [0.5, 0.6) is 0 Å². The third-order valence-corrected chi connectivity index (χ3v) is 4.41. The van der Waals surface area contributed by atoms with Crippen molar-refractivity contribution in [1.29, 1.82) is 0 Å². The Labute approximate surface area is 158 Å². The third-order valence-electron chi connectivity index (χ3n) is 4.41. The van der Waals surface area contributed by atoms with Gasteiger partial charge in [-0.05, 0) is 43.6 Å². The lowest BCUT2D eigenvalue weighted by Crippen LogP contribution is -2.31. The molecule has 24 heavy (non-hydrogen) atoms. The zero-order valence-electron chi connectivity index (χ0n) is 14.7. The van der Waals surface area contributed by atoms with Crippen LogP contribution in [0.3, 0.4) is 0 Å². The molecule has 1 aromatic carbocycles. The maximum Gasteiger partial charge on any atom is 0.221 e. The van der Waals surface area contributed by atoms with Crippen LogP contribution in [-0.4, -0.2) is 36.5 Å². The highest BCUT2D eigenvalue weighted by Gasteiger charge is 2.17. The Morgan fingerprint density at radius 2 is 1.79 bits per heavy atom. The van der Waals surface area contributed by atoms with Gasteiger partial charge in [0, 0.05) is 25.6 Å². The molecule has 0 radical (unpaired) electrons. The number of amides is 1. The lowest BCUT2D eigenvalue weighted by atomic mass is 10.1. The molecule has 4 nitrogen and oxygen atoms in total. The Morgan fingerprint density at radius 1 is 1.17 bits per heavy atom. The Morgan fingerprint density at radius 3 is 2.33 bits per heavy atom. The van der Waals surface area contributed by atoms with Crippen molar-refractivity contribution in [3.63, 3.8) is 0 Å². The molecular formula is C18H31Cl2N3O. The molecule has 0 saturated carbocycles. The van der Waals surface area contributed by atoms with E-state index in [0.717, 1.165) is 38.2 Å². The predicted molar refractivity (Wildman–Crippen MR) is 105 cm³/mol. The van der Waals surface area contributed by atoms with Crippen LogP contribution < -0.4 is 10.6 Å². The summed E-state index contributed by atoms with van der Waals surface area (Å²) in [5.74, 6) is 0.145. The summed E-state index contributed by atoms with van der Waals surface area (Å²) in [5.41, 5.74) is 2.49. The number of halogens is 2. The van der Waals surface area contributed by atoms with Gasteiger partial charge in [-0.2, -0.15) is 0 Å². The van der Waals surface area contributed by atoms with Gasteiger partial charge in [-0.25, -0.2) is 0 Å². The topological polar surface area (TPSA) is 44.4 Å². The first-order valence-corrected chi connectivity index (χ1v) is 8.51. The van der Waals surface area contributed by atoms with Crippen LogP contribution in [0.15, 0.2) is 24.3 Å². The highest BCUT2D eigenvalue weighted by atomic mass is 35.5. The molecule has 1 aromatic rings. The molecule has 0 aromatic heterocycles. The second-order valence-electron chi connectivity index (χ2n) is 6.05. The summed E-state index contributed by atoms with van der Waals surface area (Å²) < 4.78 is 0. The molecule has 1 unspecified atom stereocenters. The molecule has 1 heterocycles. The van der Waals surface area contributed by atoms with E-state index < -0.39 is 0 Å². The number of hydrogen-bond acceptors (Lipinski definition) is 3. The second-order valence-corrected chi connectivity index (χ2v) is 6.05. The summed E-state index contributed by atoms with van der Waals surface area (Å²) in [7, 11) is 0. The lowest BCUT2D eigenvalue weighted by molar-refractivity contribution is -0.121. The summed E-state index contributed by atoms with van der Waals surface area (Å²) in [4.78, 5) is 14.3. The summed E-state index contributed by atoms with van der Waals surface area (Å²) >= 11 is 0. The second kappa shape index (κ2) is 12.5. The van der Waals surface area contributed by atoms with E-state index in [2.05, 4.69) is 53.6 Å². The molecule has 1 amide bonds. The van der Waals surface area contributed by atoms with Gasteiger partial charge >= 0.3 is 0 Å². The highest BCUT2D eigenvalue weighted by Crippen LogP contribution is 2.10. The predicted octanol–water partition coefficient (Wildman–Crippen LogP) is 3.13. The van der Waals surface area contributed by atoms with E-state index >= 15 is 0 Å². The SMILES string of the molecule is CCN(CC)Cc1ccc(CNC(=O)CC2CCCN2)cc1.Cl.Cl. The van der Waals surface area contributed by atoms with E-state index in [1.165, 1.54) is 12.0 Å². The zero-order chi connectivity index (χ0) is 15.8. The van der Waals surface area contributed by atoms with E-state index in [-0.39, 0.29) is 30.7 Å². The van der Waals surface area contributed by atoms with E-state index in [1.807, 2.05) is 0 Å². The van der Waals surface area contributed by atoms with Crippen LogP contribution in [0.1, 0.15) is 44.2 Å². The van der Waals surface area contributed by atoms with Gasteiger partial charge in [0.2, 0.25) is 5.91 Å². The van der Waals surface area contributed by atoms with Crippen LogP contribution in [0.25, 0.3) is 0 Å². The van der Waals surface area contributed by atoms with Crippen molar-refractivity contribution in [2.75, 3.05) is 19.6 Å². The largest absolute Gasteiger partial charge is 0.352 e. The van der Waals surface area contributed by atoms with E-state index in [4.69, 9.17) is 0 Å². The Bertz CT molecular complexity index is 458. The average Bonchev–Trinajstić information content (AvgIpc) is 3.04. The molecule has 138 valence electrons. The lowest BCUT2D eigenvalue weighted by Gasteiger charge is -2.18. The summed E-state index contributed by atoms with van der Waals surface area (Å²) in [5, 5.41) is 6.38. The van der Waals surface area contributed by atoms with Crippen LogP contribution in [0, 0.1) is 0 Å². The van der Waals surface area contributed by atoms with Gasteiger partial charge in [-0.1, -0.05) is 38.1 Å². The minimum absolute atomic E-state index is 0. The number of carbonyl (C=O) groups excluding carboxylic acids is 1. The van der Waals surface area contributed by atoms with Crippen molar-refractivity contribution >= 4 is 30.7 Å². The van der Waals surface area contributed by atoms with Gasteiger partial charge in [0.1, 0.15) is 0 Å². The Hall–Kier alpha value is -0.810. The monoisotopic (exact) mass is 375 g/mol. The zero-order valence-corrected chi connectivity index (χ0v) is 16.3. The molecule has 1 fully saturated rings.